The van der Waals surface area contributed by atoms with Crippen molar-refractivity contribution in [1.29, 1.82) is 0 Å². The third-order valence-electron chi connectivity index (χ3n) is 4.73. The monoisotopic (exact) mass is 290 g/mol. The lowest BCUT2D eigenvalue weighted by Crippen LogP contribution is -2.17. The molecule has 0 amide bonds. The van der Waals surface area contributed by atoms with Crippen LogP contribution in [0.25, 0.3) is 0 Å². The summed E-state index contributed by atoms with van der Waals surface area (Å²) < 4.78 is 0. The molecule has 2 N–H and O–H groups in total. The highest BCUT2D eigenvalue weighted by molar-refractivity contribution is 7.99. The van der Waals surface area contributed by atoms with Crippen LogP contribution in [0.1, 0.15) is 62.3 Å². The van der Waals surface area contributed by atoms with E-state index in [2.05, 4.69) is 13.0 Å². The van der Waals surface area contributed by atoms with Gasteiger partial charge in [-0.1, -0.05) is 25.8 Å². The van der Waals surface area contributed by atoms with Gasteiger partial charge in [0.05, 0.1) is 0 Å². The number of rotatable bonds is 3. The smallest absolute Gasteiger partial charge is 0.101 e. The van der Waals surface area contributed by atoms with Gasteiger partial charge in [-0.2, -0.15) is 0 Å². The molecule has 110 valence electrons. The van der Waals surface area contributed by atoms with Crippen LogP contribution in [-0.2, 0) is 19.4 Å². The Balaban J connectivity index is 1.80. The van der Waals surface area contributed by atoms with E-state index in [-0.39, 0.29) is 0 Å². The topological polar surface area (TPSA) is 38.9 Å². The Morgan fingerprint density at radius 3 is 2.90 bits per heavy atom. The molecule has 0 saturated heterocycles. The first kappa shape index (κ1) is 14.4. The fourth-order valence-electron chi connectivity index (χ4n) is 3.55. The van der Waals surface area contributed by atoms with Crippen molar-refractivity contribution in [3.8, 4) is 0 Å². The van der Waals surface area contributed by atoms with Crippen LogP contribution in [0.4, 0.5) is 0 Å². The van der Waals surface area contributed by atoms with E-state index in [0.29, 0.717) is 6.54 Å². The molecule has 0 radical (unpaired) electrons. The predicted octanol–water partition coefficient (Wildman–Crippen LogP) is 4.09. The average molecular weight is 290 g/mol. The van der Waals surface area contributed by atoms with E-state index in [0.717, 1.165) is 17.6 Å². The second-order valence-electron chi connectivity index (χ2n) is 6.48. The summed E-state index contributed by atoms with van der Waals surface area (Å²) in [5.41, 5.74) is 10.0. The van der Waals surface area contributed by atoms with Crippen molar-refractivity contribution in [3.63, 3.8) is 0 Å². The summed E-state index contributed by atoms with van der Waals surface area (Å²) in [5, 5.41) is 1.98. The van der Waals surface area contributed by atoms with E-state index in [9.17, 15) is 0 Å². The molecule has 3 heteroatoms. The molecule has 1 aromatic heterocycles. The summed E-state index contributed by atoms with van der Waals surface area (Å²) in [7, 11) is 0. The van der Waals surface area contributed by atoms with Gasteiger partial charge in [-0.3, -0.25) is 0 Å². The lowest BCUT2D eigenvalue weighted by atomic mass is 9.91. The second-order valence-corrected chi connectivity index (χ2v) is 7.77. The number of aromatic nitrogens is 1. The highest BCUT2D eigenvalue weighted by Crippen LogP contribution is 2.37. The number of nitrogens with zero attached hydrogens (tertiary/aromatic N) is 1. The zero-order valence-corrected chi connectivity index (χ0v) is 13.3. The van der Waals surface area contributed by atoms with Crippen molar-refractivity contribution in [2.75, 3.05) is 0 Å². The van der Waals surface area contributed by atoms with Crippen LogP contribution >= 0.6 is 11.8 Å². The third kappa shape index (κ3) is 3.20. The molecule has 1 fully saturated rings. The Morgan fingerprint density at radius 2 is 2.10 bits per heavy atom. The molecule has 0 spiro atoms. The highest BCUT2D eigenvalue weighted by atomic mass is 32.2. The average Bonchev–Trinajstić information content (AvgIpc) is 2.46. The summed E-state index contributed by atoms with van der Waals surface area (Å²) in [6.07, 6.45) is 10.4. The summed E-state index contributed by atoms with van der Waals surface area (Å²) in [4.78, 5) is 4.99. The van der Waals surface area contributed by atoms with Gasteiger partial charge in [-0.25, -0.2) is 4.98 Å². The second kappa shape index (κ2) is 6.48. The molecule has 2 nitrogen and oxygen atoms in total. The number of pyridine rings is 1. The molecular formula is C17H26N2S. The van der Waals surface area contributed by atoms with E-state index in [4.69, 9.17) is 10.7 Å². The quantitative estimate of drug-likeness (QED) is 0.911. The summed E-state index contributed by atoms with van der Waals surface area (Å²) in [6, 6.07) is 2.34. The Kier molecular flexibility index (Phi) is 4.67. The zero-order chi connectivity index (χ0) is 13.9. The van der Waals surface area contributed by atoms with Crippen molar-refractivity contribution in [2.45, 2.75) is 75.1 Å². The van der Waals surface area contributed by atoms with Gasteiger partial charge in [0.25, 0.3) is 0 Å². The van der Waals surface area contributed by atoms with E-state index < -0.39 is 0 Å². The zero-order valence-electron chi connectivity index (χ0n) is 12.5. The summed E-state index contributed by atoms with van der Waals surface area (Å²) in [5.74, 6) is 0.875. The Labute approximate surface area is 126 Å². The van der Waals surface area contributed by atoms with Gasteiger partial charge in [0.15, 0.2) is 0 Å². The van der Waals surface area contributed by atoms with Crippen LogP contribution in [0.5, 0.6) is 0 Å². The molecule has 0 aliphatic heterocycles. The number of hydrogen-bond acceptors (Lipinski definition) is 3. The number of aryl methyl sites for hydroxylation is 2. The maximum Gasteiger partial charge on any atom is 0.101 e. The third-order valence-corrected chi connectivity index (χ3v) is 6.06. The van der Waals surface area contributed by atoms with Crippen molar-refractivity contribution >= 4 is 11.8 Å². The molecule has 3 rings (SSSR count). The minimum absolute atomic E-state index is 0.630. The Bertz CT molecular complexity index is 472. The molecule has 2 unspecified atom stereocenters. The molecular weight excluding hydrogens is 264 g/mol. The number of nitrogens with two attached hydrogens (primary N) is 1. The van der Waals surface area contributed by atoms with Gasteiger partial charge < -0.3 is 5.73 Å². The number of thioether (sulfide) groups is 1. The van der Waals surface area contributed by atoms with Gasteiger partial charge in [0, 0.05) is 17.5 Å². The summed E-state index contributed by atoms with van der Waals surface area (Å²) in [6.45, 7) is 3.02. The molecule has 1 heterocycles. The fourth-order valence-corrected chi connectivity index (χ4v) is 5.04. The molecule has 2 atom stereocenters. The van der Waals surface area contributed by atoms with Crippen molar-refractivity contribution < 1.29 is 0 Å². The fraction of sp³-hybridized carbons (Fsp3) is 0.706. The Morgan fingerprint density at radius 1 is 1.25 bits per heavy atom. The van der Waals surface area contributed by atoms with E-state index in [1.54, 1.807) is 0 Å². The van der Waals surface area contributed by atoms with Crippen molar-refractivity contribution in [3.05, 3.63) is 22.9 Å². The van der Waals surface area contributed by atoms with Crippen molar-refractivity contribution in [1.82, 2.24) is 4.98 Å². The minimum atomic E-state index is 0.630. The first-order valence-electron chi connectivity index (χ1n) is 8.14. The van der Waals surface area contributed by atoms with Gasteiger partial charge in [-0.05, 0) is 55.6 Å². The van der Waals surface area contributed by atoms with Crippen LogP contribution in [0.2, 0.25) is 0 Å². The predicted molar refractivity (Wildman–Crippen MR) is 86.0 cm³/mol. The normalized spacial score (nSPS) is 26.3. The molecule has 1 saturated carbocycles. The van der Waals surface area contributed by atoms with Gasteiger partial charge in [0.1, 0.15) is 5.03 Å². The van der Waals surface area contributed by atoms with Crippen LogP contribution < -0.4 is 5.73 Å². The van der Waals surface area contributed by atoms with Crippen LogP contribution in [-0.4, -0.2) is 10.2 Å². The summed E-state index contributed by atoms with van der Waals surface area (Å²) >= 11 is 2.00. The largest absolute Gasteiger partial charge is 0.326 e. The number of fused-ring (bicyclic) bond motifs is 1. The SMILES string of the molecule is CC1CCCC(Sc2nc3c(cc2CN)CCCC3)C1. The first-order chi connectivity index (χ1) is 9.76. The molecule has 0 bridgehead atoms. The standard InChI is InChI=1S/C17H26N2S/c1-12-5-4-7-15(9-12)20-17-14(11-18)10-13-6-2-3-8-16(13)19-17/h10,12,15H,2-9,11,18H2,1H3. The van der Waals surface area contributed by atoms with Crippen LogP contribution in [0, 0.1) is 5.92 Å². The Hall–Kier alpha value is -0.540. The highest BCUT2D eigenvalue weighted by Gasteiger charge is 2.22. The molecule has 2 aliphatic carbocycles. The van der Waals surface area contributed by atoms with Gasteiger partial charge in [0.2, 0.25) is 0 Å². The molecule has 2 aliphatic rings. The molecule has 1 aromatic rings. The lowest BCUT2D eigenvalue weighted by molar-refractivity contribution is 0.394. The van der Waals surface area contributed by atoms with Gasteiger partial charge in [-0.15, -0.1) is 11.8 Å². The van der Waals surface area contributed by atoms with E-state index in [1.807, 2.05) is 11.8 Å². The number of hydrogen-bond donors (Lipinski definition) is 1. The van der Waals surface area contributed by atoms with Crippen LogP contribution in [0.15, 0.2) is 11.1 Å². The first-order valence-corrected chi connectivity index (χ1v) is 9.02. The minimum Gasteiger partial charge on any atom is -0.326 e. The van der Waals surface area contributed by atoms with Crippen LogP contribution in [0.3, 0.4) is 0 Å². The van der Waals surface area contributed by atoms with E-state index >= 15 is 0 Å². The van der Waals surface area contributed by atoms with Gasteiger partial charge >= 0.3 is 0 Å². The maximum absolute atomic E-state index is 5.96. The lowest BCUT2D eigenvalue weighted by Gasteiger charge is -2.27. The molecule has 20 heavy (non-hydrogen) atoms. The maximum atomic E-state index is 5.96. The van der Waals surface area contributed by atoms with E-state index in [1.165, 1.54) is 66.8 Å². The molecule has 0 aromatic carbocycles. The van der Waals surface area contributed by atoms with Crippen molar-refractivity contribution in [2.24, 2.45) is 11.7 Å².